The molecule has 2 N–H and O–H groups in total. The first-order valence-electron chi connectivity index (χ1n) is 6.13. The Bertz CT molecular complexity index is 420. The Labute approximate surface area is 113 Å². The SMILES string of the molecule is COc1cc(OC)c(C(=O)C(C)CCN)c(OC)c1. The van der Waals surface area contributed by atoms with Crippen molar-refractivity contribution in [3.63, 3.8) is 0 Å². The summed E-state index contributed by atoms with van der Waals surface area (Å²) in [5.74, 6) is 1.26. The number of ether oxygens (including phenoxy) is 3. The predicted molar refractivity (Wildman–Crippen MR) is 73.3 cm³/mol. The topological polar surface area (TPSA) is 70.8 Å². The molecule has 1 unspecified atom stereocenters. The third-order valence-electron chi connectivity index (χ3n) is 3.01. The summed E-state index contributed by atoms with van der Waals surface area (Å²) in [4.78, 5) is 12.4. The van der Waals surface area contributed by atoms with Gasteiger partial charge in [0.15, 0.2) is 5.78 Å². The van der Waals surface area contributed by atoms with E-state index >= 15 is 0 Å². The molecule has 1 atom stereocenters. The van der Waals surface area contributed by atoms with Gasteiger partial charge in [-0.15, -0.1) is 0 Å². The summed E-state index contributed by atoms with van der Waals surface area (Å²) in [5, 5.41) is 0. The van der Waals surface area contributed by atoms with Crippen LogP contribution in [-0.2, 0) is 0 Å². The number of ketones is 1. The minimum Gasteiger partial charge on any atom is -0.496 e. The molecule has 0 aromatic heterocycles. The largest absolute Gasteiger partial charge is 0.496 e. The maximum atomic E-state index is 12.4. The molecule has 0 saturated heterocycles. The Kier molecular flexibility index (Phi) is 5.63. The summed E-state index contributed by atoms with van der Waals surface area (Å²) < 4.78 is 15.7. The van der Waals surface area contributed by atoms with Crippen LogP contribution in [0.3, 0.4) is 0 Å². The highest BCUT2D eigenvalue weighted by atomic mass is 16.5. The lowest BCUT2D eigenvalue weighted by atomic mass is 9.95. The maximum Gasteiger partial charge on any atom is 0.173 e. The van der Waals surface area contributed by atoms with Crippen molar-refractivity contribution < 1.29 is 19.0 Å². The standard InChI is InChI=1S/C14H21NO4/c1-9(5-6-15)14(16)13-11(18-3)7-10(17-2)8-12(13)19-4/h7-9H,5-6,15H2,1-4H3. The van der Waals surface area contributed by atoms with Gasteiger partial charge in [0.1, 0.15) is 22.8 Å². The number of nitrogens with two attached hydrogens (primary N) is 1. The van der Waals surface area contributed by atoms with Crippen molar-refractivity contribution >= 4 is 5.78 Å². The second-order valence-corrected chi connectivity index (χ2v) is 4.25. The summed E-state index contributed by atoms with van der Waals surface area (Å²) in [6.45, 7) is 2.31. The molecule has 0 amide bonds. The molecule has 1 aromatic rings. The average molecular weight is 267 g/mol. The lowest BCUT2D eigenvalue weighted by Crippen LogP contribution is -2.17. The monoisotopic (exact) mass is 267 g/mol. The zero-order valence-electron chi connectivity index (χ0n) is 11.9. The number of rotatable bonds is 7. The molecule has 5 nitrogen and oxygen atoms in total. The van der Waals surface area contributed by atoms with E-state index in [1.807, 2.05) is 6.92 Å². The molecule has 0 fully saturated rings. The molecule has 0 aliphatic rings. The number of Topliss-reactive ketones (excluding diaryl/α,β-unsaturated/α-hetero) is 1. The van der Waals surface area contributed by atoms with Gasteiger partial charge in [-0.3, -0.25) is 4.79 Å². The van der Waals surface area contributed by atoms with Gasteiger partial charge in [-0.25, -0.2) is 0 Å². The van der Waals surface area contributed by atoms with Crippen molar-refractivity contribution in [2.45, 2.75) is 13.3 Å². The van der Waals surface area contributed by atoms with Gasteiger partial charge in [0.05, 0.1) is 21.3 Å². The van der Waals surface area contributed by atoms with Crippen LogP contribution in [0.4, 0.5) is 0 Å². The van der Waals surface area contributed by atoms with Gasteiger partial charge in [0, 0.05) is 18.1 Å². The number of hydrogen-bond donors (Lipinski definition) is 1. The van der Waals surface area contributed by atoms with E-state index in [-0.39, 0.29) is 11.7 Å². The number of benzene rings is 1. The van der Waals surface area contributed by atoms with Crippen LogP contribution in [0.1, 0.15) is 23.7 Å². The predicted octanol–water partition coefficient (Wildman–Crippen LogP) is 1.88. The Morgan fingerprint density at radius 2 is 1.68 bits per heavy atom. The summed E-state index contributed by atoms with van der Waals surface area (Å²) in [7, 11) is 4.57. The zero-order valence-corrected chi connectivity index (χ0v) is 11.9. The smallest absolute Gasteiger partial charge is 0.173 e. The fourth-order valence-electron chi connectivity index (χ4n) is 1.88. The normalized spacial score (nSPS) is 11.8. The van der Waals surface area contributed by atoms with Gasteiger partial charge in [-0.1, -0.05) is 6.92 Å². The minimum absolute atomic E-state index is 0.0400. The number of carbonyl (C=O) groups excluding carboxylic acids is 1. The molecule has 0 bridgehead atoms. The Balaban J connectivity index is 3.27. The molecule has 0 spiro atoms. The molecule has 5 heteroatoms. The van der Waals surface area contributed by atoms with Crippen LogP contribution in [0, 0.1) is 5.92 Å². The number of methoxy groups -OCH3 is 3. The first-order chi connectivity index (χ1) is 9.08. The highest BCUT2D eigenvalue weighted by Gasteiger charge is 2.24. The molecule has 19 heavy (non-hydrogen) atoms. The van der Waals surface area contributed by atoms with Crippen LogP contribution in [-0.4, -0.2) is 33.7 Å². The van der Waals surface area contributed by atoms with Crippen molar-refractivity contribution in [2.24, 2.45) is 11.7 Å². The molecule has 0 saturated carbocycles. The Hall–Kier alpha value is -1.75. The van der Waals surface area contributed by atoms with Gasteiger partial charge >= 0.3 is 0 Å². The molecule has 106 valence electrons. The summed E-state index contributed by atoms with van der Waals surface area (Å²) in [6.07, 6.45) is 0.622. The van der Waals surface area contributed by atoms with Gasteiger partial charge in [-0.05, 0) is 13.0 Å². The van der Waals surface area contributed by atoms with Crippen LogP contribution < -0.4 is 19.9 Å². The third kappa shape index (κ3) is 3.38. The molecule has 0 heterocycles. The Morgan fingerprint density at radius 3 is 2.05 bits per heavy atom. The quantitative estimate of drug-likeness (QED) is 0.764. The van der Waals surface area contributed by atoms with Crippen LogP contribution in [0.15, 0.2) is 12.1 Å². The molecule has 0 aliphatic carbocycles. The number of carbonyl (C=O) groups is 1. The molecular weight excluding hydrogens is 246 g/mol. The highest BCUT2D eigenvalue weighted by Crippen LogP contribution is 2.35. The van der Waals surface area contributed by atoms with E-state index in [2.05, 4.69) is 0 Å². The second-order valence-electron chi connectivity index (χ2n) is 4.25. The fourth-order valence-corrected chi connectivity index (χ4v) is 1.88. The first kappa shape index (κ1) is 15.3. The van der Waals surface area contributed by atoms with E-state index in [0.717, 1.165) is 0 Å². The van der Waals surface area contributed by atoms with Crippen molar-refractivity contribution in [1.29, 1.82) is 0 Å². The van der Waals surface area contributed by atoms with Crippen molar-refractivity contribution in [2.75, 3.05) is 27.9 Å². The van der Waals surface area contributed by atoms with E-state index in [1.165, 1.54) is 14.2 Å². The molecular formula is C14H21NO4. The summed E-state index contributed by atoms with van der Waals surface area (Å²) in [6, 6.07) is 3.34. The summed E-state index contributed by atoms with van der Waals surface area (Å²) >= 11 is 0. The molecule has 0 radical (unpaired) electrons. The molecule has 1 rings (SSSR count). The third-order valence-corrected chi connectivity index (χ3v) is 3.01. The van der Waals surface area contributed by atoms with E-state index in [0.29, 0.717) is 35.8 Å². The van der Waals surface area contributed by atoms with E-state index in [4.69, 9.17) is 19.9 Å². The fraction of sp³-hybridized carbons (Fsp3) is 0.500. The van der Waals surface area contributed by atoms with E-state index < -0.39 is 0 Å². The molecule has 0 aliphatic heterocycles. The minimum atomic E-state index is -0.179. The maximum absolute atomic E-state index is 12.4. The van der Waals surface area contributed by atoms with Gasteiger partial charge in [-0.2, -0.15) is 0 Å². The lowest BCUT2D eigenvalue weighted by molar-refractivity contribution is 0.0919. The van der Waals surface area contributed by atoms with E-state index in [9.17, 15) is 4.79 Å². The molecule has 1 aromatic carbocycles. The highest BCUT2D eigenvalue weighted by molar-refractivity contribution is 6.03. The van der Waals surface area contributed by atoms with E-state index in [1.54, 1.807) is 19.2 Å². The van der Waals surface area contributed by atoms with Gasteiger partial charge < -0.3 is 19.9 Å². The van der Waals surface area contributed by atoms with Crippen LogP contribution in [0.25, 0.3) is 0 Å². The van der Waals surface area contributed by atoms with Crippen molar-refractivity contribution in [1.82, 2.24) is 0 Å². The van der Waals surface area contributed by atoms with Crippen molar-refractivity contribution in [3.8, 4) is 17.2 Å². The zero-order chi connectivity index (χ0) is 14.4. The van der Waals surface area contributed by atoms with Gasteiger partial charge in [0.25, 0.3) is 0 Å². The average Bonchev–Trinajstić information content (AvgIpc) is 2.44. The van der Waals surface area contributed by atoms with Crippen LogP contribution in [0.5, 0.6) is 17.2 Å². The lowest BCUT2D eigenvalue weighted by Gasteiger charge is -2.16. The number of hydrogen-bond acceptors (Lipinski definition) is 5. The van der Waals surface area contributed by atoms with Crippen LogP contribution in [0.2, 0.25) is 0 Å². The Morgan fingerprint density at radius 1 is 1.16 bits per heavy atom. The van der Waals surface area contributed by atoms with Crippen molar-refractivity contribution in [3.05, 3.63) is 17.7 Å². The summed E-state index contributed by atoms with van der Waals surface area (Å²) in [5.41, 5.74) is 5.93. The van der Waals surface area contributed by atoms with Crippen LogP contribution >= 0.6 is 0 Å². The van der Waals surface area contributed by atoms with Gasteiger partial charge in [0.2, 0.25) is 0 Å². The first-order valence-corrected chi connectivity index (χ1v) is 6.13. The second kappa shape index (κ2) is 6.99.